The third kappa shape index (κ3) is 5.34. The average molecular weight is 397 g/mol. The first-order valence-electron chi connectivity index (χ1n) is 8.61. The van der Waals surface area contributed by atoms with Crippen LogP contribution in [0.25, 0.3) is 11.2 Å². The van der Waals surface area contributed by atoms with E-state index in [2.05, 4.69) is 30.6 Å². The van der Waals surface area contributed by atoms with Crippen LogP contribution in [-0.2, 0) is 11.3 Å². The fourth-order valence-corrected chi connectivity index (χ4v) is 2.39. The maximum absolute atomic E-state index is 12.0. The highest BCUT2D eigenvalue weighted by atomic mass is 16.2. The van der Waals surface area contributed by atoms with Gasteiger partial charge in [0.25, 0.3) is 11.5 Å². The van der Waals surface area contributed by atoms with E-state index in [0.29, 0.717) is 24.2 Å². The summed E-state index contributed by atoms with van der Waals surface area (Å²) in [6.45, 7) is 2.09. The molecule has 2 aromatic heterocycles. The fraction of sp³-hybridized carbons (Fsp3) is 0.263. The Morgan fingerprint density at radius 2 is 1.90 bits per heavy atom. The van der Waals surface area contributed by atoms with E-state index in [1.165, 1.54) is 6.20 Å². The summed E-state index contributed by atoms with van der Waals surface area (Å²) in [6, 6.07) is 6.77. The van der Waals surface area contributed by atoms with Crippen molar-refractivity contribution >= 4 is 34.5 Å². The SMILES string of the molecule is C.CCC(=O)CNC(=O)c1ccc(NCc2cnc3nc(N)[nH]c(=O)c3n2)cc1. The Morgan fingerprint density at radius 1 is 1.17 bits per heavy atom. The molecule has 1 amide bonds. The number of fused-ring (bicyclic) bond motifs is 1. The smallest absolute Gasteiger partial charge is 0.280 e. The highest BCUT2D eigenvalue weighted by molar-refractivity contribution is 5.96. The highest BCUT2D eigenvalue weighted by Crippen LogP contribution is 2.11. The number of hydrogen-bond acceptors (Lipinski definition) is 8. The number of amides is 1. The Morgan fingerprint density at radius 3 is 2.59 bits per heavy atom. The molecule has 0 spiro atoms. The van der Waals surface area contributed by atoms with E-state index in [1.807, 2.05) is 0 Å². The van der Waals surface area contributed by atoms with Crippen LogP contribution in [-0.4, -0.2) is 38.2 Å². The summed E-state index contributed by atoms with van der Waals surface area (Å²) in [5.41, 5.74) is 7.08. The predicted octanol–water partition coefficient (Wildman–Crippen LogP) is 1.25. The second-order valence-corrected chi connectivity index (χ2v) is 5.99. The second kappa shape index (κ2) is 9.40. The van der Waals surface area contributed by atoms with E-state index >= 15 is 0 Å². The first-order chi connectivity index (χ1) is 13.5. The summed E-state index contributed by atoms with van der Waals surface area (Å²) < 4.78 is 0. The van der Waals surface area contributed by atoms with Crippen molar-refractivity contribution in [2.45, 2.75) is 27.3 Å². The molecule has 10 heteroatoms. The second-order valence-electron chi connectivity index (χ2n) is 5.99. The number of carbonyl (C=O) groups excluding carboxylic acids is 2. The first kappa shape index (κ1) is 21.5. The molecule has 3 rings (SSSR count). The largest absolute Gasteiger partial charge is 0.379 e. The lowest BCUT2D eigenvalue weighted by molar-refractivity contribution is -0.117. The maximum atomic E-state index is 12.0. The predicted molar refractivity (Wildman–Crippen MR) is 110 cm³/mol. The summed E-state index contributed by atoms with van der Waals surface area (Å²) >= 11 is 0. The number of hydrogen-bond donors (Lipinski definition) is 4. The van der Waals surface area contributed by atoms with E-state index in [4.69, 9.17) is 5.73 Å². The number of nitrogen functional groups attached to an aromatic ring is 1. The molecule has 5 N–H and O–H groups in total. The van der Waals surface area contributed by atoms with Crippen molar-refractivity contribution < 1.29 is 9.59 Å². The molecule has 0 aliphatic heterocycles. The summed E-state index contributed by atoms with van der Waals surface area (Å²) in [4.78, 5) is 49.8. The molecule has 0 saturated carbocycles. The van der Waals surface area contributed by atoms with Crippen molar-refractivity contribution in [3.8, 4) is 0 Å². The molecule has 0 unspecified atom stereocenters. The van der Waals surface area contributed by atoms with Gasteiger partial charge in [0.2, 0.25) is 5.95 Å². The van der Waals surface area contributed by atoms with E-state index < -0.39 is 5.56 Å². The minimum absolute atomic E-state index is 0. The minimum Gasteiger partial charge on any atom is -0.379 e. The molecule has 0 aliphatic rings. The van der Waals surface area contributed by atoms with E-state index in [0.717, 1.165) is 5.69 Å². The summed E-state index contributed by atoms with van der Waals surface area (Å²) in [5, 5.41) is 5.71. The number of benzene rings is 1. The van der Waals surface area contributed by atoms with Crippen LogP contribution in [0.15, 0.2) is 35.3 Å². The number of ketones is 1. The van der Waals surface area contributed by atoms with Crippen LogP contribution in [0.1, 0.15) is 36.8 Å². The van der Waals surface area contributed by atoms with Crippen molar-refractivity contribution in [3.05, 3.63) is 52.1 Å². The molecule has 10 nitrogen and oxygen atoms in total. The van der Waals surface area contributed by atoms with Crippen LogP contribution in [0.3, 0.4) is 0 Å². The molecule has 0 radical (unpaired) electrons. The van der Waals surface area contributed by atoms with Crippen LogP contribution in [0.2, 0.25) is 0 Å². The zero-order chi connectivity index (χ0) is 20.1. The van der Waals surface area contributed by atoms with Crippen molar-refractivity contribution in [1.82, 2.24) is 25.3 Å². The molecular weight excluding hydrogens is 374 g/mol. The first-order valence-corrected chi connectivity index (χ1v) is 8.61. The quantitative estimate of drug-likeness (QED) is 0.464. The molecule has 152 valence electrons. The zero-order valence-electron chi connectivity index (χ0n) is 15.2. The molecule has 0 saturated heterocycles. The van der Waals surface area contributed by atoms with E-state index in [9.17, 15) is 14.4 Å². The highest BCUT2D eigenvalue weighted by Gasteiger charge is 2.08. The van der Waals surface area contributed by atoms with Crippen molar-refractivity contribution in [3.63, 3.8) is 0 Å². The van der Waals surface area contributed by atoms with Crippen molar-refractivity contribution in [1.29, 1.82) is 0 Å². The summed E-state index contributed by atoms with van der Waals surface area (Å²) in [6.07, 6.45) is 1.89. The Hall–Kier alpha value is -3.82. The molecule has 0 fully saturated rings. The Kier molecular flexibility index (Phi) is 6.96. The van der Waals surface area contributed by atoms with Gasteiger partial charge < -0.3 is 16.4 Å². The van der Waals surface area contributed by atoms with Crippen molar-refractivity contribution in [2.75, 3.05) is 17.6 Å². The molecule has 0 bridgehead atoms. The van der Waals surface area contributed by atoms with Gasteiger partial charge in [0.05, 0.1) is 25.0 Å². The lowest BCUT2D eigenvalue weighted by atomic mass is 10.2. The molecule has 2 heterocycles. The third-order valence-electron chi connectivity index (χ3n) is 3.95. The van der Waals surface area contributed by atoms with Crippen LogP contribution in [0.4, 0.5) is 11.6 Å². The number of nitrogens with two attached hydrogens (primary N) is 1. The van der Waals surface area contributed by atoms with Crippen LogP contribution < -0.4 is 21.9 Å². The number of anilines is 2. The van der Waals surface area contributed by atoms with Gasteiger partial charge in [-0.1, -0.05) is 14.4 Å². The number of nitrogens with zero attached hydrogens (tertiary/aromatic N) is 3. The third-order valence-corrected chi connectivity index (χ3v) is 3.95. The Labute approximate surface area is 167 Å². The number of rotatable bonds is 7. The fourth-order valence-electron chi connectivity index (χ4n) is 2.39. The average Bonchev–Trinajstić information content (AvgIpc) is 2.70. The van der Waals surface area contributed by atoms with Gasteiger partial charge in [-0.2, -0.15) is 4.98 Å². The normalized spacial score (nSPS) is 10.2. The van der Waals surface area contributed by atoms with Gasteiger partial charge >= 0.3 is 0 Å². The van der Waals surface area contributed by atoms with Gasteiger partial charge in [-0.05, 0) is 24.3 Å². The molecule has 3 aromatic rings. The molecule has 29 heavy (non-hydrogen) atoms. The maximum Gasteiger partial charge on any atom is 0.280 e. The van der Waals surface area contributed by atoms with Crippen molar-refractivity contribution in [2.24, 2.45) is 0 Å². The minimum atomic E-state index is -0.450. The molecule has 1 aromatic carbocycles. The van der Waals surface area contributed by atoms with E-state index in [1.54, 1.807) is 31.2 Å². The Balaban J connectivity index is 0.00000300. The number of carbonyl (C=O) groups is 2. The molecular formula is C19H23N7O3. The van der Waals surface area contributed by atoms with Gasteiger partial charge in [0.15, 0.2) is 16.9 Å². The van der Waals surface area contributed by atoms with Gasteiger partial charge in [-0.3, -0.25) is 19.4 Å². The number of Topliss-reactive ketones (excluding diaryl/α,β-unsaturated/α-hetero) is 1. The number of H-pyrrole nitrogens is 1. The zero-order valence-corrected chi connectivity index (χ0v) is 15.2. The Bertz CT molecular complexity index is 1080. The standard InChI is InChI=1S/C18H19N7O3.CH4/c1-2-13(26)9-22-16(27)10-3-5-11(6-4-10)20-7-12-8-21-15-14(23-12)17(28)25-18(19)24-15;/h3-6,8,20H,2,7,9H2,1H3,(H,22,27)(H3,19,21,24,25,28);1H4. The lowest BCUT2D eigenvalue weighted by Crippen LogP contribution is -2.29. The van der Waals surface area contributed by atoms with Gasteiger partial charge in [0.1, 0.15) is 0 Å². The van der Waals surface area contributed by atoms with Crippen LogP contribution >= 0.6 is 0 Å². The van der Waals surface area contributed by atoms with Crippen LogP contribution in [0, 0.1) is 0 Å². The lowest BCUT2D eigenvalue weighted by Gasteiger charge is -2.08. The van der Waals surface area contributed by atoms with Gasteiger partial charge in [0, 0.05) is 17.7 Å². The summed E-state index contributed by atoms with van der Waals surface area (Å²) in [7, 11) is 0. The van der Waals surface area contributed by atoms with Gasteiger partial charge in [-0.15, -0.1) is 0 Å². The van der Waals surface area contributed by atoms with E-state index in [-0.39, 0.29) is 42.8 Å². The molecule has 0 atom stereocenters. The number of aromatic nitrogens is 4. The van der Waals surface area contributed by atoms with Crippen LogP contribution in [0.5, 0.6) is 0 Å². The number of aromatic amines is 1. The van der Waals surface area contributed by atoms with Gasteiger partial charge in [-0.25, -0.2) is 9.97 Å². The topological polar surface area (TPSA) is 156 Å². The monoisotopic (exact) mass is 397 g/mol. The number of nitrogens with one attached hydrogen (secondary N) is 3. The molecule has 0 aliphatic carbocycles. The summed E-state index contributed by atoms with van der Waals surface area (Å²) in [5.74, 6) is -0.347.